The van der Waals surface area contributed by atoms with Crippen LogP contribution in [0.3, 0.4) is 0 Å². The largest absolute Gasteiger partial charge is 0.324 e. The van der Waals surface area contributed by atoms with E-state index in [0.29, 0.717) is 5.92 Å². The van der Waals surface area contributed by atoms with Gasteiger partial charge in [0.1, 0.15) is 0 Å². The average Bonchev–Trinajstić information content (AvgIpc) is 2.17. The summed E-state index contributed by atoms with van der Waals surface area (Å²) in [7, 11) is 0. The lowest BCUT2D eigenvalue weighted by molar-refractivity contribution is 0.128. The van der Waals surface area contributed by atoms with Crippen LogP contribution in [0.2, 0.25) is 0 Å². The number of halogens is 3. The first-order valence-corrected chi connectivity index (χ1v) is 5.14. The molecule has 0 unspecified atom stereocenters. The van der Waals surface area contributed by atoms with Crippen LogP contribution in [0.1, 0.15) is 43.4 Å². The topological polar surface area (TPSA) is 26.0 Å². The van der Waals surface area contributed by atoms with Crippen LogP contribution in [0.25, 0.3) is 0 Å². The van der Waals surface area contributed by atoms with Gasteiger partial charge in [0, 0.05) is 12.5 Å². The van der Waals surface area contributed by atoms with E-state index >= 15 is 0 Å². The SMILES string of the molecule is CC(C)c1ccc([C@H](N)CC(F)F)cc1.Cl. The Bertz CT molecular complexity index is 298. The summed E-state index contributed by atoms with van der Waals surface area (Å²) in [6.07, 6.45) is -2.62. The van der Waals surface area contributed by atoms with Gasteiger partial charge in [-0.1, -0.05) is 38.1 Å². The highest BCUT2D eigenvalue weighted by Crippen LogP contribution is 2.21. The van der Waals surface area contributed by atoms with Crippen LogP contribution in [-0.4, -0.2) is 6.43 Å². The molecular weight excluding hydrogens is 232 g/mol. The predicted molar refractivity (Wildman–Crippen MR) is 65.3 cm³/mol. The van der Waals surface area contributed by atoms with E-state index in [2.05, 4.69) is 13.8 Å². The fourth-order valence-electron chi connectivity index (χ4n) is 1.46. The molecule has 0 spiro atoms. The van der Waals surface area contributed by atoms with Crippen molar-refractivity contribution in [2.75, 3.05) is 0 Å². The first-order chi connectivity index (χ1) is 7.00. The lowest BCUT2D eigenvalue weighted by Gasteiger charge is -2.12. The smallest absolute Gasteiger partial charge is 0.240 e. The molecule has 0 bridgehead atoms. The molecule has 0 heterocycles. The number of benzene rings is 1. The lowest BCUT2D eigenvalue weighted by atomic mass is 9.98. The number of rotatable bonds is 4. The van der Waals surface area contributed by atoms with E-state index in [0.717, 1.165) is 5.56 Å². The molecule has 0 amide bonds. The number of hydrogen-bond acceptors (Lipinski definition) is 1. The summed E-state index contributed by atoms with van der Waals surface area (Å²) in [4.78, 5) is 0. The zero-order valence-electron chi connectivity index (χ0n) is 9.49. The van der Waals surface area contributed by atoms with E-state index in [9.17, 15) is 8.78 Å². The van der Waals surface area contributed by atoms with Gasteiger partial charge >= 0.3 is 0 Å². The summed E-state index contributed by atoms with van der Waals surface area (Å²) in [5, 5.41) is 0. The Balaban J connectivity index is 0.00000225. The van der Waals surface area contributed by atoms with Crippen molar-refractivity contribution in [2.45, 2.75) is 38.7 Å². The first-order valence-electron chi connectivity index (χ1n) is 5.14. The molecule has 2 N–H and O–H groups in total. The van der Waals surface area contributed by atoms with Crippen LogP contribution in [0, 0.1) is 0 Å². The summed E-state index contributed by atoms with van der Waals surface area (Å²) >= 11 is 0. The van der Waals surface area contributed by atoms with Crippen LogP contribution in [0.15, 0.2) is 24.3 Å². The van der Waals surface area contributed by atoms with Crippen LogP contribution in [0.5, 0.6) is 0 Å². The van der Waals surface area contributed by atoms with E-state index in [-0.39, 0.29) is 18.8 Å². The van der Waals surface area contributed by atoms with Crippen LogP contribution >= 0.6 is 12.4 Å². The molecule has 16 heavy (non-hydrogen) atoms. The molecule has 0 fully saturated rings. The zero-order chi connectivity index (χ0) is 11.4. The maximum atomic E-state index is 12.1. The van der Waals surface area contributed by atoms with Gasteiger partial charge in [-0.15, -0.1) is 12.4 Å². The van der Waals surface area contributed by atoms with Gasteiger partial charge in [-0.25, -0.2) is 8.78 Å². The van der Waals surface area contributed by atoms with Crippen molar-refractivity contribution in [3.63, 3.8) is 0 Å². The van der Waals surface area contributed by atoms with Gasteiger partial charge in [0.15, 0.2) is 0 Å². The molecule has 1 atom stereocenters. The Kier molecular flexibility index (Phi) is 6.53. The Morgan fingerprint density at radius 2 is 1.50 bits per heavy atom. The Hall–Kier alpha value is -0.670. The summed E-state index contributed by atoms with van der Waals surface area (Å²) in [6, 6.07) is 7.01. The molecule has 0 aliphatic rings. The van der Waals surface area contributed by atoms with Gasteiger partial charge in [0.2, 0.25) is 6.43 Å². The molecule has 1 aromatic carbocycles. The van der Waals surface area contributed by atoms with Gasteiger partial charge in [0.05, 0.1) is 0 Å². The fourth-order valence-corrected chi connectivity index (χ4v) is 1.46. The summed E-state index contributed by atoms with van der Waals surface area (Å²) in [5.41, 5.74) is 7.62. The second-order valence-electron chi connectivity index (χ2n) is 4.05. The molecule has 92 valence electrons. The van der Waals surface area contributed by atoms with Gasteiger partial charge in [0.25, 0.3) is 0 Å². The zero-order valence-corrected chi connectivity index (χ0v) is 10.3. The quantitative estimate of drug-likeness (QED) is 0.861. The normalized spacial score (nSPS) is 12.7. The van der Waals surface area contributed by atoms with Crippen LogP contribution in [0.4, 0.5) is 8.78 Å². The van der Waals surface area contributed by atoms with E-state index in [1.165, 1.54) is 5.56 Å². The minimum atomic E-state index is -2.34. The Morgan fingerprint density at radius 1 is 1.06 bits per heavy atom. The molecule has 0 aromatic heterocycles. The molecule has 0 radical (unpaired) electrons. The summed E-state index contributed by atoms with van der Waals surface area (Å²) in [6.45, 7) is 4.18. The number of hydrogen-bond donors (Lipinski definition) is 1. The fraction of sp³-hybridized carbons (Fsp3) is 0.500. The van der Waals surface area contributed by atoms with E-state index in [4.69, 9.17) is 5.73 Å². The van der Waals surface area contributed by atoms with Gasteiger partial charge in [-0.3, -0.25) is 0 Å². The van der Waals surface area contributed by atoms with Crippen LogP contribution in [-0.2, 0) is 0 Å². The van der Waals surface area contributed by atoms with Crippen molar-refractivity contribution < 1.29 is 8.78 Å². The average molecular weight is 250 g/mol. The maximum Gasteiger partial charge on any atom is 0.240 e. The molecule has 0 saturated carbocycles. The van der Waals surface area contributed by atoms with Crippen molar-refractivity contribution in [3.05, 3.63) is 35.4 Å². The highest BCUT2D eigenvalue weighted by molar-refractivity contribution is 5.85. The predicted octanol–water partition coefficient (Wildman–Crippen LogP) is 3.89. The second kappa shape index (κ2) is 6.81. The van der Waals surface area contributed by atoms with E-state index in [1.54, 1.807) is 0 Å². The van der Waals surface area contributed by atoms with Crippen molar-refractivity contribution in [3.8, 4) is 0 Å². The maximum absolute atomic E-state index is 12.1. The van der Waals surface area contributed by atoms with Gasteiger partial charge < -0.3 is 5.73 Å². The lowest BCUT2D eigenvalue weighted by Crippen LogP contribution is -2.13. The standard InChI is InChI=1S/C12H17F2N.ClH/c1-8(2)9-3-5-10(6-4-9)11(15)7-12(13)14;/h3-6,8,11-12H,7,15H2,1-2H3;1H/t11-;/m1./s1. The third-order valence-corrected chi connectivity index (χ3v) is 2.46. The van der Waals surface area contributed by atoms with E-state index < -0.39 is 12.5 Å². The van der Waals surface area contributed by atoms with Gasteiger partial charge in [-0.05, 0) is 17.0 Å². The summed E-state index contributed by atoms with van der Waals surface area (Å²) < 4.78 is 24.2. The minimum Gasteiger partial charge on any atom is -0.324 e. The monoisotopic (exact) mass is 249 g/mol. The van der Waals surface area contributed by atoms with E-state index in [1.807, 2.05) is 24.3 Å². The Morgan fingerprint density at radius 3 is 1.88 bits per heavy atom. The Labute approximate surface area is 101 Å². The first kappa shape index (κ1) is 15.3. The molecule has 0 aliphatic heterocycles. The molecular formula is C12H18ClF2N. The molecule has 1 rings (SSSR count). The third kappa shape index (κ3) is 4.45. The molecule has 4 heteroatoms. The molecule has 1 nitrogen and oxygen atoms in total. The molecule has 0 saturated heterocycles. The number of nitrogens with two attached hydrogens (primary N) is 1. The van der Waals surface area contributed by atoms with Crippen molar-refractivity contribution in [1.82, 2.24) is 0 Å². The molecule has 0 aliphatic carbocycles. The highest BCUT2D eigenvalue weighted by atomic mass is 35.5. The third-order valence-electron chi connectivity index (χ3n) is 2.46. The van der Waals surface area contributed by atoms with Crippen molar-refractivity contribution in [2.24, 2.45) is 5.73 Å². The highest BCUT2D eigenvalue weighted by Gasteiger charge is 2.12. The van der Waals surface area contributed by atoms with Crippen molar-refractivity contribution in [1.29, 1.82) is 0 Å². The molecule has 1 aromatic rings. The van der Waals surface area contributed by atoms with Crippen LogP contribution < -0.4 is 5.73 Å². The summed E-state index contributed by atoms with van der Waals surface area (Å²) in [5.74, 6) is 0.449. The minimum absolute atomic E-state index is 0. The van der Waals surface area contributed by atoms with Crippen molar-refractivity contribution >= 4 is 12.4 Å². The number of alkyl halides is 2. The van der Waals surface area contributed by atoms with Gasteiger partial charge in [-0.2, -0.15) is 0 Å². The second-order valence-corrected chi connectivity index (χ2v) is 4.05.